The lowest BCUT2D eigenvalue weighted by Crippen LogP contribution is -2.06. The Morgan fingerprint density at radius 1 is 1.45 bits per heavy atom. The molecule has 0 aliphatic carbocycles. The van der Waals surface area contributed by atoms with Gasteiger partial charge in [0, 0.05) is 18.2 Å². The van der Waals surface area contributed by atoms with Crippen LogP contribution in [-0.2, 0) is 13.2 Å². The molecule has 1 heterocycles. The highest BCUT2D eigenvalue weighted by Crippen LogP contribution is 2.23. The van der Waals surface area contributed by atoms with Crippen molar-refractivity contribution in [2.24, 2.45) is 0 Å². The van der Waals surface area contributed by atoms with Gasteiger partial charge in [0.25, 0.3) is 0 Å². The highest BCUT2D eigenvalue weighted by Gasteiger charge is 2.13. The van der Waals surface area contributed by atoms with E-state index >= 15 is 0 Å². The molecule has 0 fully saturated rings. The van der Waals surface area contributed by atoms with E-state index in [-0.39, 0.29) is 17.9 Å². The van der Waals surface area contributed by atoms with Crippen LogP contribution in [0.15, 0.2) is 18.2 Å². The van der Waals surface area contributed by atoms with E-state index in [1.54, 1.807) is 4.68 Å². The maximum Gasteiger partial charge on any atom is 0.150 e. The van der Waals surface area contributed by atoms with E-state index in [0.717, 1.165) is 17.5 Å². The summed E-state index contributed by atoms with van der Waals surface area (Å²) in [5.41, 5.74) is 1.68. The molecule has 0 aliphatic rings. The quantitative estimate of drug-likeness (QED) is 0.794. The number of ether oxygens (including phenoxy) is 1. The van der Waals surface area contributed by atoms with Crippen LogP contribution in [0, 0.1) is 12.7 Å². The predicted molar refractivity (Wildman–Crippen MR) is 73.8 cm³/mol. The Hall–Kier alpha value is -1.88. The first-order chi connectivity index (χ1) is 9.55. The van der Waals surface area contributed by atoms with Gasteiger partial charge < -0.3 is 4.74 Å². The molecule has 0 spiro atoms. The van der Waals surface area contributed by atoms with Crippen molar-refractivity contribution in [3.8, 4) is 5.75 Å². The smallest absolute Gasteiger partial charge is 0.150 e. The first-order valence-electron chi connectivity index (χ1n) is 6.15. The summed E-state index contributed by atoms with van der Waals surface area (Å²) in [6, 6.07) is 3.84. The lowest BCUT2D eigenvalue weighted by molar-refractivity contribution is 0.112. The summed E-state index contributed by atoms with van der Waals surface area (Å²) in [5, 5.41) is 4.81. The summed E-state index contributed by atoms with van der Waals surface area (Å²) in [6.07, 6.45) is 0.573. The van der Waals surface area contributed by atoms with Gasteiger partial charge in [0.05, 0.1) is 16.4 Å². The zero-order chi connectivity index (χ0) is 14.7. The van der Waals surface area contributed by atoms with Gasteiger partial charge >= 0.3 is 0 Å². The number of aromatic nitrogens is 2. The van der Waals surface area contributed by atoms with Crippen LogP contribution in [0.3, 0.4) is 0 Å². The number of aryl methyl sites for hydroxylation is 2. The second-order valence-corrected chi connectivity index (χ2v) is 4.67. The van der Waals surface area contributed by atoms with Gasteiger partial charge in [-0.05, 0) is 26.0 Å². The Morgan fingerprint density at radius 2 is 2.20 bits per heavy atom. The van der Waals surface area contributed by atoms with Crippen LogP contribution in [0.2, 0.25) is 5.02 Å². The third kappa shape index (κ3) is 2.99. The van der Waals surface area contributed by atoms with Crippen molar-refractivity contribution in [1.29, 1.82) is 0 Å². The van der Waals surface area contributed by atoms with Crippen LogP contribution < -0.4 is 4.74 Å². The molecule has 1 aromatic heterocycles. The zero-order valence-corrected chi connectivity index (χ0v) is 11.9. The second-order valence-electron chi connectivity index (χ2n) is 4.29. The molecular formula is C14H14ClFN2O2. The van der Waals surface area contributed by atoms with Crippen molar-refractivity contribution < 1.29 is 13.9 Å². The summed E-state index contributed by atoms with van der Waals surface area (Å²) in [4.78, 5) is 10.7. The van der Waals surface area contributed by atoms with Crippen LogP contribution in [0.5, 0.6) is 5.75 Å². The fraction of sp³-hybridized carbons (Fsp3) is 0.286. The summed E-state index contributed by atoms with van der Waals surface area (Å²) in [7, 11) is 0. The molecule has 0 saturated heterocycles. The van der Waals surface area contributed by atoms with E-state index < -0.39 is 5.82 Å². The molecule has 0 saturated carbocycles. The number of halogens is 2. The lowest BCUT2D eigenvalue weighted by atomic mass is 10.2. The van der Waals surface area contributed by atoms with Crippen LogP contribution in [0.25, 0.3) is 0 Å². The van der Waals surface area contributed by atoms with Crippen molar-refractivity contribution in [3.05, 3.63) is 46.0 Å². The number of carbonyl (C=O) groups excluding carboxylic acids is 1. The number of rotatable bonds is 5. The van der Waals surface area contributed by atoms with Gasteiger partial charge in [0.1, 0.15) is 24.5 Å². The third-order valence-electron chi connectivity index (χ3n) is 2.86. The summed E-state index contributed by atoms with van der Waals surface area (Å²) >= 11 is 6.16. The van der Waals surface area contributed by atoms with Gasteiger partial charge in [-0.2, -0.15) is 5.10 Å². The average molecular weight is 297 g/mol. The standard InChI is InChI=1S/C14H14ClFN2O2/c1-3-18-13(14(15)9(2)17-18)8-20-12-5-10(7-19)4-11(16)6-12/h4-7H,3,8H2,1-2H3. The Kier molecular flexibility index (Phi) is 4.39. The molecule has 0 aliphatic heterocycles. The normalized spacial score (nSPS) is 10.6. The van der Waals surface area contributed by atoms with Gasteiger partial charge in [-0.15, -0.1) is 0 Å². The van der Waals surface area contributed by atoms with Gasteiger partial charge in [-0.1, -0.05) is 11.6 Å². The van der Waals surface area contributed by atoms with Gasteiger partial charge in [-0.3, -0.25) is 9.48 Å². The maximum atomic E-state index is 13.3. The minimum atomic E-state index is -0.518. The topological polar surface area (TPSA) is 44.1 Å². The van der Waals surface area contributed by atoms with E-state index in [9.17, 15) is 9.18 Å². The maximum absolute atomic E-state index is 13.3. The van der Waals surface area contributed by atoms with Crippen LogP contribution in [-0.4, -0.2) is 16.1 Å². The van der Waals surface area contributed by atoms with E-state index in [2.05, 4.69) is 5.10 Å². The number of aldehydes is 1. The van der Waals surface area contributed by atoms with Crippen molar-refractivity contribution in [2.45, 2.75) is 27.0 Å². The SMILES string of the molecule is CCn1nc(C)c(Cl)c1COc1cc(F)cc(C=O)c1. The zero-order valence-electron chi connectivity index (χ0n) is 11.2. The largest absolute Gasteiger partial charge is 0.487 e. The third-order valence-corrected chi connectivity index (χ3v) is 3.35. The van der Waals surface area contributed by atoms with Crippen molar-refractivity contribution in [3.63, 3.8) is 0 Å². The molecule has 4 nitrogen and oxygen atoms in total. The molecule has 6 heteroatoms. The minimum Gasteiger partial charge on any atom is -0.487 e. The molecule has 0 radical (unpaired) electrons. The van der Waals surface area contributed by atoms with E-state index in [1.165, 1.54) is 12.1 Å². The van der Waals surface area contributed by atoms with Crippen LogP contribution in [0.1, 0.15) is 28.7 Å². The molecule has 2 rings (SSSR count). The van der Waals surface area contributed by atoms with Gasteiger partial charge in [0.15, 0.2) is 0 Å². The molecule has 106 valence electrons. The monoisotopic (exact) mass is 296 g/mol. The predicted octanol–water partition coefficient (Wildman–Crippen LogP) is 3.40. The van der Waals surface area contributed by atoms with Gasteiger partial charge in [-0.25, -0.2) is 4.39 Å². The highest BCUT2D eigenvalue weighted by molar-refractivity contribution is 6.31. The van der Waals surface area contributed by atoms with E-state index in [4.69, 9.17) is 16.3 Å². The van der Waals surface area contributed by atoms with Crippen molar-refractivity contribution in [1.82, 2.24) is 9.78 Å². The fourth-order valence-corrected chi connectivity index (χ4v) is 2.08. The molecule has 0 N–H and O–H groups in total. The Labute approximate surface area is 121 Å². The lowest BCUT2D eigenvalue weighted by Gasteiger charge is -2.09. The number of nitrogens with zero attached hydrogens (tertiary/aromatic N) is 2. The molecule has 0 unspecified atom stereocenters. The van der Waals surface area contributed by atoms with E-state index in [1.807, 2.05) is 13.8 Å². The fourth-order valence-electron chi connectivity index (χ4n) is 1.89. The highest BCUT2D eigenvalue weighted by atomic mass is 35.5. The van der Waals surface area contributed by atoms with Crippen molar-refractivity contribution >= 4 is 17.9 Å². The minimum absolute atomic E-state index is 0.162. The average Bonchev–Trinajstić information content (AvgIpc) is 2.71. The first-order valence-corrected chi connectivity index (χ1v) is 6.53. The van der Waals surface area contributed by atoms with E-state index in [0.29, 0.717) is 17.9 Å². The van der Waals surface area contributed by atoms with Crippen LogP contribution in [0.4, 0.5) is 4.39 Å². The Balaban J connectivity index is 2.20. The molecule has 1 aromatic carbocycles. The Bertz CT molecular complexity index is 640. The summed E-state index contributed by atoms with van der Waals surface area (Å²) in [5.74, 6) is -0.236. The van der Waals surface area contributed by atoms with Crippen molar-refractivity contribution in [2.75, 3.05) is 0 Å². The number of carbonyl (C=O) groups is 1. The Morgan fingerprint density at radius 3 is 2.85 bits per heavy atom. The number of hydrogen-bond acceptors (Lipinski definition) is 3. The number of benzene rings is 1. The molecule has 2 aromatic rings. The molecule has 0 atom stereocenters. The summed E-state index contributed by atoms with van der Waals surface area (Å²) in [6.45, 7) is 4.58. The number of hydrogen-bond donors (Lipinski definition) is 0. The summed E-state index contributed by atoms with van der Waals surface area (Å²) < 4.78 is 20.5. The molecular weight excluding hydrogens is 283 g/mol. The molecule has 0 amide bonds. The van der Waals surface area contributed by atoms with Crippen LogP contribution >= 0.6 is 11.6 Å². The van der Waals surface area contributed by atoms with Gasteiger partial charge in [0.2, 0.25) is 0 Å². The first kappa shape index (κ1) is 14.5. The molecule has 20 heavy (non-hydrogen) atoms. The second kappa shape index (κ2) is 6.05. The molecule has 0 bridgehead atoms.